The molecule has 0 saturated heterocycles. The number of nitrogens with one attached hydrogen (secondary N) is 1. The Morgan fingerprint density at radius 1 is 1.15 bits per heavy atom. The maximum Gasteiger partial charge on any atom is 0.188 e. The van der Waals surface area contributed by atoms with E-state index < -0.39 is 0 Å². The van der Waals surface area contributed by atoms with Gasteiger partial charge in [-0.15, -0.1) is 5.10 Å². The third-order valence-corrected chi connectivity index (χ3v) is 3.32. The Bertz CT molecular complexity index is 845. The second kappa shape index (κ2) is 4.12. The number of aromatic nitrogens is 6. The molecule has 0 radical (unpaired) electrons. The number of aryl methyl sites for hydroxylation is 1. The molecule has 4 rings (SSSR count). The summed E-state index contributed by atoms with van der Waals surface area (Å²) in [4.78, 5) is 9.19. The van der Waals surface area contributed by atoms with E-state index in [2.05, 4.69) is 32.2 Å². The molecule has 20 heavy (non-hydrogen) atoms. The molecule has 2 aliphatic rings. The van der Waals surface area contributed by atoms with E-state index in [4.69, 9.17) is 0 Å². The fourth-order valence-electron chi connectivity index (χ4n) is 2.33. The molecule has 6 heteroatoms. The van der Waals surface area contributed by atoms with Gasteiger partial charge in [-0.2, -0.15) is 5.10 Å². The van der Waals surface area contributed by atoms with Crippen molar-refractivity contribution < 1.29 is 0 Å². The summed E-state index contributed by atoms with van der Waals surface area (Å²) in [5.74, 6) is 2.35. The minimum Gasteiger partial charge on any atom is -0.274 e. The van der Waals surface area contributed by atoms with Gasteiger partial charge in [0, 0.05) is 12.0 Å². The molecule has 0 fully saturated rings. The van der Waals surface area contributed by atoms with Crippen molar-refractivity contribution in [1.29, 1.82) is 0 Å². The Kier molecular flexibility index (Phi) is 2.29. The quantitative estimate of drug-likeness (QED) is 0.602. The third-order valence-electron chi connectivity index (χ3n) is 3.32. The lowest BCUT2D eigenvalue weighted by Gasteiger charge is -2.03. The van der Waals surface area contributed by atoms with E-state index in [9.17, 15) is 0 Å². The van der Waals surface area contributed by atoms with Crippen LogP contribution < -0.4 is 0 Å². The predicted octanol–water partition coefficient (Wildman–Crippen LogP) is 2.18. The van der Waals surface area contributed by atoms with Crippen LogP contribution in [0.25, 0.3) is 28.4 Å². The minimum absolute atomic E-state index is 0.646. The Morgan fingerprint density at radius 3 is 2.80 bits per heavy atom. The number of nitrogens with zero attached hydrogens (tertiary/aromatic N) is 5. The number of rotatable bonds is 2. The summed E-state index contributed by atoms with van der Waals surface area (Å²) in [5.41, 5.74) is 2.72. The highest BCUT2D eigenvalue weighted by Crippen LogP contribution is 2.25. The second-order valence-corrected chi connectivity index (χ2v) is 4.56. The van der Waals surface area contributed by atoms with Crippen LogP contribution in [0.4, 0.5) is 0 Å². The molecule has 2 aliphatic heterocycles. The van der Waals surface area contributed by atoms with E-state index >= 15 is 0 Å². The first kappa shape index (κ1) is 11.1. The molecular formula is C14H12N6. The Hall–Kier alpha value is -2.76. The molecule has 0 unspecified atom stereocenters. The van der Waals surface area contributed by atoms with Gasteiger partial charge in [0.15, 0.2) is 17.3 Å². The molecule has 1 N–H and O–H groups in total. The molecule has 0 saturated carbocycles. The van der Waals surface area contributed by atoms with E-state index in [0.717, 1.165) is 34.8 Å². The standard InChI is InChI=1S/C14H12N6/c1-2-11-16-13-10(8-15-18-13)14-17-12(19-20(11)14)9-6-4-3-5-7-9/h3-8H,2H2,1H3,(H,17,19). The normalized spacial score (nSPS) is 11.4. The lowest BCUT2D eigenvalue weighted by Crippen LogP contribution is -2.04. The average Bonchev–Trinajstić information content (AvgIpc) is 3.13. The highest BCUT2D eigenvalue weighted by atomic mass is 15.3. The van der Waals surface area contributed by atoms with Crippen LogP contribution in [0.5, 0.6) is 0 Å². The number of benzene rings is 1. The van der Waals surface area contributed by atoms with Crippen LogP contribution >= 0.6 is 0 Å². The highest BCUT2D eigenvalue weighted by Gasteiger charge is 2.18. The van der Waals surface area contributed by atoms with E-state index in [1.165, 1.54) is 0 Å². The third kappa shape index (κ3) is 1.51. The average molecular weight is 264 g/mol. The first-order valence-electron chi connectivity index (χ1n) is 6.51. The second-order valence-electron chi connectivity index (χ2n) is 4.56. The van der Waals surface area contributed by atoms with E-state index in [1.807, 2.05) is 34.8 Å². The zero-order valence-corrected chi connectivity index (χ0v) is 10.9. The van der Waals surface area contributed by atoms with Crippen LogP contribution in [-0.4, -0.2) is 29.8 Å². The van der Waals surface area contributed by atoms with Gasteiger partial charge in [-0.05, 0) is 0 Å². The molecule has 2 aromatic rings. The number of hydrogen-bond acceptors (Lipinski definition) is 4. The van der Waals surface area contributed by atoms with Crippen molar-refractivity contribution in [2.75, 3.05) is 0 Å². The zero-order chi connectivity index (χ0) is 13.5. The van der Waals surface area contributed by atoms with Gasteiger partial charge in [-0.1, -0.05) is 37.3 Å². The predicted molar refractivity (Wildman–Crippen MR) is 74.4 cm³/mol. The lowest BCUT2D eigenvalue weighted by atomic mass is 10.2. The molecule has 6 nitrogen and oxygen atoms in total. The van der Waals surface area contributed by atoms with Crippen molar-refractivity contribution >= 4 is 5.65 Å². The topological polar surface area (TPSA) is 71.8 Å². The maximum absolute atomic E-state index is 4.68. The summed E-state index contributed by atoms with van der Waals surface area (Å²) >= 11 is 0. The van der Waals surface area contributed by atoms with E-state index in [1.54, 1.807) is 6.20 Å². The Labute approximate surface area is 114 Å². The zero-order valence-electron chi connectivity index (χ0n) is 10.9. The molecule has 1 aromatic heterocycles. The summed E-state index contributed by atoms with van der Waals surface area (Å²) in [6.07, 6.45) is 2.49. The molecule has 98 valence electrons. The molecule has 3 heterocycles. The minimum atomic E-state index is 0.646. The van der Waals surface area contributed by atoms with Gasteiger partial charge in [-0.25, -0.2) is 14.5 Å². The van der Waals surface area contributed by atoms with Crippen molar-refractivity contribution in [3.8, 4) is 22.8 Å². The SMILES string of the molecule is CCc1nc2nncc-2c2nc(-c3ccccc3)[nH]n12. The molecule has 0 atom stereocenters. The monoisotopic (exact) mass is 264 g/mol. The molecule has 0 bridgehead atoms. The van der Waals surface area contributed by atoms with Crippen LogP contribution in [0.2, 0.25) is 0 Å². The van der Waals surface area contributed by atoms with Gasteiger partial charge in [0.25, 0.3) is 0 Å². The fourth-order valence-corrected chi connectivity index (χ4v) is 2.33. The van der Waals surface area contributed by atoms with Gasteiger partial charge in [-0.3, -0.25) is 5.10 Å². The molecule has 0 amide bonds. The van der Waals surface area contributed by atoms with E-state index in [-0.39, 0.29) is 0 Å². The largest absolute Gasteiger partial charge is 0.274 e. The molecule has 1 aromatic carbocycles. The van der Waals surface area contributed by atoms with Gasteiger partial charge >= 0.3 is 0 Å². The summed E-state index contributed by atoms with van der Waals surface area (Å²) in [5, 5.41) is 11.3. The molecule has 0 spiro atoms. The van der Waals surface area contributed by atoms with Gasteiger partial charge < -0.3 is 0 Å². The van der Waals surface area contributed by atoms with Crippen LogP contribution in [0.15, 0.2) is 36.5 Å². The van der Waals surface area contributed by atoms with Gasteiger partial charge in [0.2, 0.25) is 0 Å². The van der Waals surface area contributed by atoms with Crippen LogP contribution in [0.3, 0.4) is 0 Å². The van der Waals surface area contributed by atoms with Crippen LogP contribution in [0.1, 0.15) is 12.7 Å². The van der Waals surface area contributed by atoms with Gasteiger partial charge in [0.1, 0.15) is 5.82 Å². The number of hydrogen-bond donors (Lipinski definition) is 1. The Morgan fingerprint density at radius 2 is 2.00 bits per heavy atom. The molecule has 0 aliphatic carbocycles. The first-order valence-corrected chi connectivity index (χ1v) is 6.51. The molecular weight excluding hydrogens is 252 g/mol. The first-order chi connectivity index (χ1) is 9.86. The highest BCUT2D eigenvalue weighted by molar-refractivity contribution is 5.74. The maximum atomic E-state index is 4.68. The van der Waals surface area contributed by atoms with Crippen molar-refractivity contribution in [3.63, 3.8) is 0 Å². The van der Waals surface area contributed by atoms with E-state index in [0.29, 0.717) is 5.82 Å². The fraction of sp³-hybridized carbons (Fsp3) is 0.143. The summed E-state index contributed by atoms with van der Waals surface area (Å²) in [6.45, 7) is 2.06. The summed E-state index contributed by atoms with van der Waals surface area (Å²) < 4.78 is 1.91. The number of aromatic amines is 1. The van der Waals surface area contributed by atoms with Crippen molar-refractivity contribution in [1.82, 2.24) is 29.8 Å². The van der Waals surface area contributed by atoms with Crippen LogP contribution in [0, 0.1) is 0 Å². The van der Waals surface area contributed by atoms with Crippen molar-refractivity contribution in [3.05, 3.63) is 42.4 Å². The Balaban J connectivity index is 2.04. The summed E-state index contributed by atoms with van der Waals surface area (Å²) in [7, 11) is 0. The van der Waals surface area contributed by atoms with Crippen LogP contribution in [-0.2, 0) is 6.42 Å². The van der Waals surface area contributed by atoms with Crippen molar-refractivity contribution in [2.45, 2.75) is 13.3 Å². The van der Waals surface area contributed by atoms with Gasteiger partial charge in [0.05, 0.1) is 11.8 Å². The number of H-pyrrole nitrogens is 1. The lowest BCUT2D eigenvalue weighted by molar-refractivity contribution is 0.810. The number of fused-ring (bicyclic) bond motifs is 3. The summed E-state index contributed by atoms with van der Waals surface area (Å²) in [6, 6.07) is 10.0. The van der Waals surface area contributed by atoms with Crippen molar-refractivity contribution in [2.24, 2.45) is 0 Å². The smallest absolute Gasteiger partial charge is 0.188 e.